The SMILES string of the molecule is Cc1ccc([N+](=O)[O-])cc1S(=O)(=O)NCC1(O)CCc2ccccc2C1. The minimum atomic E-state index is -3.98. The molecule has 1 aliphatic rings. The highest BCUT2D eigenvalue weighted by atomic mass is 32.2. The van der Waals surface area contributed by atoms with Gasteiger partial charge in [-0.05, 0) is 36.5 Å². The molecule has 0 amide bonds. The van der Waals surface area contributed by atoms with Crippen molar-refractivity contribution in [1.82, 2.24) is 4.72 Å². The lowest BCUT2D eigenvalue weighted by Crippen LogP contribution is -2.46. The highest BCUT2D eigenvalue weighted by molar-refractivity contribution is 7.89. The highest BCUT2D eigenvalue weighted by Gasteiger charge is 2.33. The summed E-state index contributed by atoms with van der Waals surface area (Å²) in [4.78, 5) is 10.1. The van der Waals surface area contributed by atoms with E-state index >= 15 is 0 Å². The minimum absolute atomic E-state index is 0.147. The number of fused-ring (bicyclic) bond motifs is 1. The van der Waals surface area contributed by atoms with Gasteiger partial charge >= 0.3 is 0 Å². The third-order valence-corrected chi connectivity index (χ3v) is 6.30. The van der Waals surface area contributed by atoms with E-state index in [4.69, 9.17) is 0 Å². The first-order valence-corrected chi connectivity index (χ1v) is 9.72. The number of nitro groups is 1. The van der Waals surface area contributed by atoms with Crippen molar-refractivity contribution in [2.24, 2.45) is 0 Å². The van der Waals surface area contributed by atoms with Crippen LogP contribution in [-0.4, -0.2) is 30.6 Å². The van der Waals surface area contributed by atoms with E-state index in [0.29, 0.717) is 24.8 Å². The van der Waals surface area contributed by atoms with E-state index in [1.165, 1.54) is 12.1 Å². The van der Waals surface area contributed by atoms with Crippen LogP contribution in [0.5, 0.6) is 0 Å². The van der Waals surface area contributed by atoms with Gasteiger partial charge in [0.1, 0.15) is 0 Å². The zero-order valence-corrected chi connectivity index (χ0v) is 15.1. The van der Waals surface area contributed by atoms with Crippen molar-refractivity contribution in [3.8, 4) is 0 Å². The molecule has 138 valence electrons. The molecule has 0 aromatic heterocycles. The largest absolute Gasteiger partial charge is 0.388 e. The Morgan fingerprint density at radius 3 is 2.62 bits per heavy atom. The Hall–Kier alpha value is -2.29. The number of aryl methyl sites for hydroxylation is 2. The molecule has 0 saturated carbocycles. The molecule has 0 radical (unpaired) electrons. The Morgan fingerprint density at radius 1 is 1.23 bits per heavy atom. The molecule has 3 rings (SSSR count). The van der Waals surface area contributed by atoms with E-state index in [-0.39, 0.29) is 17.1 Å². The summed E-state index contributed by atoms with van der Waals surface area (Å²) in [5.74, 6) is 0. The van der Waals surface area contributed by atoms with Gasteiger partial charge in [0, 0.05) is 25.1 Å². The average molecular weight is 376 g/mol. The number of hydrogen-bond acceptors (Lipinski definition) is 5. The van der Waals surface area contributed by atoms with Crippen molar-refractivity contribution in [1.29, 1.82) is 0 Å². The molecule has 1 aliphatic carbocycles. The molecule has 0 heterocycles. The molecule has 0 saturated heterocycles. The minimum Gasteiger partial charge on any atom is -0.388 e. The second-order valence-electron chi connectivity index (χ2n) is 6.70. The maximum Gasteiger partial charge on any atom is 0.270 e. The molecular weight excluding hydrogens is 356 g/mol. The van der Waals surface area contributed by atoms with Gasteiger partial charge in [0.2, 0.25) is 10.0 Å². The van der Waals surface area contributed by atoms with Crippen LogP contribution < -0.4 is 4.72 Å². The van der Waals surface area contributed by atoms with Crippen molar-refractivity contribution in [3.05, 3.63) is 69.3 Å². The maximum atomic E-state index is 12.6. The van der Waals surface area contributed by atoms with Crippen LogP contribution in [0.3, 0.4) is 0 Å². The number of non-ortho nitro benzene ring substituents is 1. The molecule has 0 aliphatic heterocycles. The Balaban J connectivity index is 1.79. The van der Waals surface area contributed by atoms with E-state index in [9.17, 15) is 23.6 Å². The summed E-state index contributed by atoms with van der Waals surface area (Å²) in [6.07, 6.45) is 1.48. The second-order valence-corrected chi connectivity index (χ2v) is 8.44. The number of benzene rings is 2. The van der Waals surface area contributed by atoms with Gasteiger partial charge in [-0.2, -0.15) is 0 Å². The van der Waals surface area contributed by atoms with Gasteiger partial charge in [-0.15, -0.1) is 0 Å². The number of sulfonamides is 1. The smallest absolute Gasteiger partial charge is 0.270 e. The normalized spacial score (nSPS) is 19.8. The van der Waals surface area contributed by atoms with Gasteiger partial charge in [-0.25, -0.2) is 13.1 Å². The Labute approximate surface area is 151 Å². The Morgan fingerprint density at radius 2 is 1.92 bits per heavy atom. The molecule has 0 bridgehead atoms. The Bertz CT molecular complexity index is 958. The van der Waals surface area contributed by atoms with Crippen LogP contribution >= 0.6 is 0 Å². The predicted molar refractivity (Wildman–Crippen MR) is 96.4 cm³/mol. The molecule has 0 spiro atoms. The first kappa shape index (κ1) is 18.5. The van der Waals surface area contributed by atoms with Crippen molar-refractivity contribution in [2.75, 3.05) is 6.54 Å². The first-order valence-electron chi connectivity index (χ1n) is 8.24. The number of aliphatic hydroxyl groups is 1. The lowest BCUT2D eigenvalue weighted by Gasteiger charge is -2.33. The summed E-state index contributed by atoms with van der Waals surface area (Å²) in [5, 5.41) is 21.7. The van der Waals surface area contributed by atoms with E-state index in [1.807, 2.05) is 24.3 Å². The molecular formula is C18H20N2O5S. The highest BCUT2D eigenvalue weighted by Crippen LogP contribution is 2.29. The summed E-state index contributed by atoms with van der Waals surface area (Å²) >= 11 is 0. The molecule has 1 atom stereocenters. The first-order chi connectivity index (χ1) is 12.2. The third kappa shape index (κ3) is 3.77. The molecule has 0 fully saturated rings. The van der Waals surface area contributed by atoms with E-state index in [0.717, 1.165) is 17.2 Å². The molecule has 2 N–H and O–H groups in total. The summed E-state index contributed by atoms with van der Waals surface area (Å²) in [5.41, 5.74) is 1.10. The molecule has 1 unspecified atom stereocenters. The number of rotatable bonds is 5. The van der Waals surface area contributed by atoms with Crippen LogP contribution in [0.4, 0.5) is 5.69 Å². The summed E-state index contributed by atoms with van der Waals surface area (Å²) in [6, 6.07) is 11.5. The molecule has 2 aromatic rings. The number of nitro benzene ring substituents is 1. The van der Waals surface area contributed by atoms with Gasteiger partial charge in [0.05, 0.1) is 15.4 Å². The summed E-state index contributed by atoms with van der Waals surface area (Å²) < 4.78 is 27.6. The van der Waals surface area contributed by atoms with Crippen LogP contribution in [0.15, 0.2) is 47.4 Å². The molecule has 8 heteroatoms. The fourth-order valence-corrected chi connectivity index (χ4v) is 4.62. The fraction of sp³-hybridized carbons (Fsp3) is 0.333. The molecule has 7 nitrogen and oxygen atoms in total. The maximum absolute atomic E-state index is 12.6. The van der Waals surface area contributed by atoms with Gasteiger partial charge < -0.3 is 5.11 Å². The van der Waals surface area contributed by atoms with Crippen molar-refractivity contribution in [3.63, 3.8) is 0 Å². The zero-order chi connectivity index (χ0) is 18.9. The van der Waals surface area contributed by atoms with E-state index in [1.54, 1.807) is 6.92 Å². The number of nitrogens with zero attached hydrogens (tertiary/aromatic N) is 1. The van der Waals surface area contributed by atoms with Crippen LogP contribution in [0.1, 0.15) is 23.1 Å². The fourth-order valence-electron chi connectivity index (χ4n) is 3.23. The van der Waals surface area contributed by atoms with E-state index < -0.39 is 20.5 Å². The van der Waals surface area contributed by atoms with Crippen molar-refractivity contribution in [2.45, 2.75) is 36.7 Å². The van der Waals surface area contributed by atoms with Crippen LogP contribution in [0.25, 0.3) is 0 Å². The quantitative estimate of drug-likeness (QED) is 0.613. The van der Waals surface area contributed by atoms with Gasteiger partial charge in [0.25, 0.3) is 5.69 Å². The lowest BCUT2D eigenvalue weighted by molar-refractivity contribution is -0.385. The van der Waals surface area contributed by atoms with Crippen LogP contribution in [0.2, 0.25) is 0 Å². The van der Waals surface area contributed by atoms with E-state index in [2.05, 4.69) is 4.72 Å². The van der Waals surface area contributed by atoms with Crippen molar-refractivity contribution < 1.29 is 18.4 Å². The monoisotopic (exact) mass is 376 g/mol. The van der Waals surface area contributed by atoms with Crippen molar-refractivity contribution >= 4 is 15.7 Å². The lowest BCUT2D eigenvalue weighted by atomic mass is 9.80. The standard InChI is InChI=1S/C18H20N2O5S/c1-13-6-7-16(20(22)23)10-17(13)26(24,25)19-12-18(21)9-8-14-4-2-3-5-15(14)11-18/h2-7,10,19,21H,8-9,11-12H2,1H3. The third-order valence-electron chi connectivity index (χ3n) is 4.76. The van der Waals surface area contributed by atoms with Gasteiger partial charge in [-0.3, -0.25) is 10.1 Å². The number of hydrogen-bond donors (Lipinski definition) is 2. The summed E-state index contributed by atoms with van der Waals surface area (Å²) in [7, 11) is -3.98. The molecule has 26 heavy (non-hydrogen) atoms. The summed E-state index contributed by atoms with van der Waals surface area (Å²) in [6.45, 7) is 1.43. The average Bonchev–Trinajstić information content (AvgIpc) is 2.60. The zero-order valence-electron chi connectivity index (χ0n) is 14.3. The predicted octanol–water partition coefficient (Wildman–Crippen LogP) is 2.10. The number of nitrogens with one attached hydrogen (secondary N) is 1. The van der Waals surface area contributed by atoms with Gasteiger partial charge in [-0.1, -0.05) is 30.3 Å². The second kappa shape index (κ2) is 6.79. The van der Waals surface area contributed by atoms with Crippen LogP contribution in [0, 0.1) is 17.0 Å². The van der Waals surface area contributed by atoms with Crippen LogP contribution in [-0.2, 0) is 22.9 Å². The molecule has 2 aromatic carbocycles. The van der Waals surface area contributed by atoms with Gasteiger partial charge in [0.15, 0.2) is 0 Å². The Kier molecular flexibility index (Phi) is 4.83. The topological polar surface area (TPSA) is 110 Å².